The second-order valence-corrected chi connectivity index (χ2v) is 4.67. The zero-order valence-electron chi connectivity index (χ0n) is 12.1. The first kappa shape index (κ1) is 15.4. The van der Waals surface area contributed by atoms with Crippen molar-refractivity contribution in [3.8, 4) is 17.1 Å². The Morgan fingerprint density at radius 3 is 2.71 bits per heavy atom. The van der Waals surface area contributed by atoms with Gasteiger partial charge in [0.15, 0.2) is 17.4 Å². The molecule has 1 atom stereocenters. The van der Waals surface area contributed by atoms with E-state index in [2.05, 4.69) is 10.1 Å². The van der Waals surface area contributed by atoms with Crippen molar-refractivity contribution >= 4 is 0 Å². The van der Waals surface area contributed by atoms with Gasteiger partial charge in [-0.2, -0.15) is 5.10 Å². The summed E-state index contributed by atoms with van der Waals surface area (Å²) in [6.45, 7) is 3.54. The average molecular weight is 297 g/mol. The van der Waals surface area contributed by atoms with E-state index < -0.39 is 17.7 Å². The first-order chi connectivity index (χ1) is 9.97. The van der Waals surface area contributed by atoms with Crippen LogP contribution in [0.2, 0.25) is 0 Å². The monoisotopic (exact) mass is 297 g/mol. The quantitative estimate of drug-likeness (QED) is 0.920. The minimum absolute atomic E-state index is 0.0360. The third-order valence-corrected chi connectivity index (χ3v) is 3.13. The first-order valence-corrected chi connectivity index (χ1v) is 6.59. The third kappa shape index (κ3) is 3.02. The van der Waals surface area contributed by atoms with Crippen molar-refractivity contribution in [2.75, 3.05) is 7.11 Å². The van der Waals surface area contributed by atoms with E-state index in [0.29, 0.717) is 12.2 Å². The average Bonchev–Trinajstić information content (AvgIpc) is 2.79. The van der Waals surface area contributed by atoms with Crippen molar-refractivity contribution in [1.29, 1.82) is 0 Å². The zero-order chi connectivity index (χ0) is 15.6. The molecule has 1 aromatic heterocycles. The highest BCUT2D eigenvalue weighted by molar-refractivity contribution is 5.60. The van der Waals surface area contributed by atoms with Crippen LogP contribution < -0.4 is 4.74 Å². The lowest BCUT2D eigenvalue weighted by atomic mass is 10.1. The van der Waals surface area contributed by atoms with E-state index in [1.54, 1.807) is 13.8 Å². The molecule has 1 aromatic carbocycles. The smallest absolute Gasteiger partial charge is 0.178 e. The number of ether oxygens (including phenoxy) is 1. The number of methoxy groups -OCH3 is 1. The summed E-state index contributed by atoms with van der Waals surface area (Å²) < 4.78 is 34.5. The Morgan fingerprint density at radius 2 is 2.10 bits per heavy atom. The topological polar surface area (TPSA) is 60.2 Å². The van der Waals surface area contributed by atoms with Gasteiger partial charge in [0.25, 0.3) is 0 Å². The Morgan fingerprint density at radius 1 is 1.38 bits per heavy atom. The molecule has 5 nitrogen and oxygen atoms in total. The number of halogens is 2. The number of benzene rings is 1. The number of aliphatic hydroxyl groups excluding tert-OH is 1. The molecule has 0 amide bonds. The van der Waals surface area contributed by atoms with E-state index >= 15 is 0 Å². The number of nitrogens with zero attached hydrogens (tertiary/aromatic N) is 3. The van der Waals surface area contributed by atoms with Gasteiger partial charge >= 0.3 is 0 Å². The van der Waals surface area contributed by atoms with Gasteiger partial charge in [0.2, 0.25) is 0 Å². The SMILES string of the molecule is CCC(O)Cn1nc(C)nc1-c1c(F)ccc(OC)c1F. The molecular formula is C14H17F2N3O2. The molecule has 114 valence electrons. The largest absolute Gasteiger partial charge is 0.494 e. The van der Waals surface area contributed by atoms with Gasteiger partial charge in [-0.05, 0) is 25.5 Å². The Balaban J connectivity index is 2.56. The van der Waals surface area contributed by atoms with Crippen molar-refractivity contribution in [2.45, 2.75) is 32.9 Å². The van der Waals surface area contributed by atoms with E-state index in [4.69, 9.17) is 4.74 Å². The van der Waals surface area contributed by atoms with E-state index in [-0.39, 0.29) is 23.7 Å². The number of rotatable bonds is 5. The van der Waals surface area contributed by atoms with E-state index in [1.807, 2.05) is 0 Å². The summed E-state index contributed by atoms with van der Waals surface area (Å²) >= 11 is 0. The summed E-state index contributed by atoms with van der Waals surface area (Å²) in [5, 5.41) is 13.8. The summed E-state index contributed by atoms with van der Waals surface area (Å²) in [5.74, 6) is -1.26. The second kappa shape index (κ2) is 6.17. The van der Waals surface area contributed by atoms with Gasteiger partial charge in [-0.25, -0.2) is 18.4 Å². The molecule has 1 unspecified atom stereocenters. The maximum atomic E-state index is 14.3. The fourth-order valence-electron chi connectivity index (χ4n) is 1.99. The van der Waals surface area contributed by atoms with Crippen molar-refractivity contribution in [1.82, 2.24) is 14.8 Å². The summed E-state index contributed by atoms with van der Waals surface area (Å²) in [6.07, 6.45) is -0.164. The predicted octanol–water partition coefficient (Wildman–Crippen LogP) is 2.31. The fraction of sp³-hybridized carbons (Fsp3) is 0.429. The number of aromatic nitrogens is 3. The number of hydrogen-bond donors (Lipinski definition) is 1. The van der Waals surface area contributed by atoms with Gasteiger partial charge in [0.05, 0.1) is 25.3 Å². The molecule has 21 heavy (non-hydrogen) atoms. The van der Waals surface area contributed by atoms with Crippen LogP contribution in [-0.4, -0.2) is 33.1 Å². The molecule has 0 aliphatic heterocycles. The lowest BCUT2D eigenvalue weighted by Crippen LogP contribution is -2.17. The van der Waals surface area contributed by atoms with Crippen LogP contribution in [0.1, 0.15) is 19.2 Å². The van der Waals surface area contributed by atoms with Crippen LogP contribution in [0, 0.1) is 18.6 Å². The zero-order valence-corrected chi connectivity index (χ0v) is 12.1. The fourth-order valence-corrected chi connectivity index (χ4v) is 1.99. The van der Waals surface area contributed by atoms with Gasteiger partial charge in [-0.15, -0.1) is 0 Å². The third-order valence-electron chi connectivity index (χ3n) is 3.13. The number of aliphatic hydroxyl groups is 1. The van der Waals surface area contributed by atoms with Crippen LogP contribution in [-0.2, 0) is 6.54 Å². The minimum Gasteiger partial charge on any atom is -0.494 e. The molecule has 0 aliphatic carbocycles. The van der Waals surface area contributed by atoms with Gasteiger partial charge in [0.1, 0.15) is 11.6 Å². The molecular weight excluding hydrogens is 280 g/mol. The van der Waals surface area contributed by atoms with Gasteiger partial charge in [-0.3, -0.25) is 0 Å². The first-order valence-electron chi connectivity index (χ1n) is 6.59. The summed E-state index contributed by atoms with van der Waals surface area (Å²) in [6, 6.07) is 2.32. The molecule has 0 spiro atoms. The van der Waals surface area contributed by atoms with Crippen LogP contribution in [0.5, 0.6) is 5.75 Å². The molecule has 7 heteroatoms. The number of aryl methyl sites for hydroxylation is 1. The minimum atomic E-state index is -0.836. The highest BCUT2D eigenvalue weighted by atomic mass is 19.1. The summed E-state index contributed by atoms with van der Waals surface area (Å²) in [4.78, 5) is 4.07. The molecule has 1 heterocycles. The van der Waals surface area contributed by atoms with Crippen molar-refractivity contribution in [3.05, 3.63) is 29.6 Å². The van der Waals surface area contributed by atoms with E-state index in [1.165, 1.54) is 17.9 Å². The standard InChI is InChI=1S/C14H17F2N3O2/c1-4-9(20)7-19-14(17-8(2)18-19)12-10(15)5-6-11(21-3)13(12)16/h5-6,9,20H,4,7H2,1-3H3. The van der Waals surface area contributed by atoms with Crippen molar-refractivity contribution < 1.29 is 18.6 Å². The van der Waals surface area contributed by atoms with Gasteiger partial charge in [-0.1, -0.05) is 6.92 Å². The van der Waals surface area contributed by atoms with E-state index in [0.717, 1.165) is 6.07 Å². The molecule has 1 N–H and O–H groups in total. The van der Waals surface area contributed by atoms with Crippen LogP contribution in [0.4, 0.5) is 8.78 Å². The molecule has 0 fully saturated rings. The summed E-state index contributed by atoms with van der Waals surface area (Å²) in [7, 11) is 1.30. The highest BCUT2D eigenvalue weighted by Gasteiger charge is 2.22. The highest BCUT2D eigenvalue weighted by Crippen LogP contribution is 2.30. The second-order valence-electron chi connectivity index (χ2n) is 4.67. The predicted molar refractivity (Wildman–Crippen MR) is 73.0 cm³/mol. The molecule has 0 saturated heterocycles. The van der Waals surface area contributed by atoms with Crippen LogP contribution >= 0.6 is 0 Å². The Bertz CT molecular complexity index is 643. The normalized spacial score (nSPS) is 12.5. The van der Waals surface area contributed by atoms with E-state index in [9.17, 15) is 13.9 Å². The Hall–Kier alpha value is -2.02. The molecule has 0 aliphatic rings. The molecule has 2 rings (SSSR count). The van der Waals surface area contributed by atoms with Crippen LogP contribution in [0.3, 0.4) is 0 Å². The Kier molecular flexibility index (Phi) is 4.52. The van der Waals surface area contributed by atoms with Gasteiger partial charge < -0.3 is 9.84 Å². The molecule has 2 aromatic rings. The lowest BCUT2D eigenvalue weighted by molar-refractivity contribution is 0.145. The molecule has 0 saturated carbocycles. The lowest BCUT2D eigenvalue weighted by Gasteiger charge is -2.12. The Labute approximate surface area is 121 Å². The van der Waals surface area contributed by atoms with Crippen LogP contribution in [0.15, 0.2) is 12.1 Å². The van der Waals surface area contributed by atoms with Crippen molar-refractivity contribution in [3.63, 3.8) is 0 Å². The maximum absolute atomic E-state index is 14.3. The molecule has 0 radical (unpaired) electrons. The van der Waals surface area contributed by atoms with Crippen molar-refractivity contribution in [2.24, 2.45) is 0 Å². The summed E-state index contributed by atoms with van der Waals surface area (Å²) in [5.41, 5.74) is -0.307. The van der Waals surface area contributed by atoms with Crippen LogP contribution in [0.25, 0.3) is 11.4 Å². The maximum Gasteiger partial charge on any atom is 0.178 e. The van der Waals surface area contributed by atoms with Gasteiger partial charge in [0, 0.05) is 0 Å². The number of hydrogen-bond acceptors (Lipinski definition) is 4. The molecule has 0 bridgehead atoms.